The van der Waals surface area contributed by atoms with E-state index in [0.29, 0.717) is 6.04 Å². The van der Waals surface area contributed by atoms with Crippen LogP contribution in [0.15, 0.2) is 40.8 Å². The first kappa shape index (κ1) is 17.7. The van der Waals surface area contributed by atoms with Gasteiger partial charge in [0.1, 0.15) is 5.76 Å². The predicted molar refractivity (Wildman–Crippen MR) is 108 cm³/mol. The van der Waals surface area contributed by atoms with Gasteiger partial charge in [0.2, 0.25) is 0 Å². The van der Waals surface area contributed by atoms with Crippen LogP contribution >= 0.6 is 11.3 Å². The number of hydrogen-bond donors (Lipinski definition) is 1. The summed E-state index contributed by atoms with van der Waals surface area (Å²) >= 11 is 1.68. The summed E-state index contributed by atoms with van der Waals surface area (Å²) in [5.41, 5.74) is 1.03. The minimum Gasteiger partial charge on any atom is -0.457 e. The van der Waals surface area contributed by atoms with Crippen molar-refractivity contribution in [3.8, 4) is 10.8 Å². The fraction of sp³-hybridized carbons (Fsp3) is 0.450. The van der Waals surface area contributed by atoms with Crippen LogP contribution in [0.1, 0.15) is 12.7 Å². The van der Waals surface area contributed by atoms with Gasteiger partial charge < -0.3 is 14.6 Å². The summed E-state index contributed by atoms with van der Waals surface area (Å²) in [6.45, 7) is 8.66. The standard InChI is InChI=1S/C20H26N4OS/c1-15(24-11-9-23(2)10-12-24)13-21-14-16-7-8-18(25-16)20-22-17-5-3-4-6-19(17)26-20/h3-8,15,21H,9-14H2,1-2H3. The quantitative estimate of drug-likeness (QED) is 0.721. The van der Waals surface area contributed by atoms with E-state index in [-0.39, 0.29) is 0 Å². The van der Waals surface area contributed by atoms with Gasteiger partial charge in [-0.15, -0.1) is 11.3 Å². The number of likely N-dealkylation sites (N-methyl/N-ethyl adjacent to an activating group) is 1. The highest BCUT2D eigenvalue weighted by Gasteiger charge is 2.18. The largest absolute Gasteiger partial charge is 0.457 e. The number of fused-ring (bicyclic) bond motifs is 1. The lowest BCUT2D eigenvalue weighted by Crippen LogP contribution is -2.50. The van der Waals surface area contributed by atoms with E-state index in [1.807, 2.05) is 24.3 Å². The zero-order valence-electron chi connectivity index (χ0n) is 15.4. The normalized spacial score (nSPS) is 17.8. The van der Waals surface area contributed by atoms with Gasteiger partial charge >= 0.3 is 0 Å². The van der Waals surface area contributed by atoms with Gasteiger partial charge in [0.15, 0.2) is 10.8 Å². The molecule has 1 saturated heterocycles. The molecule has 1 unspecified atom stereocenters. The van der Waals surface area contributed by atoms with E-state index in [1.54, 1.807) is 11.3 Å². The minimum absolute atomic E-state index is 0.544. The van der Waals surface area contributed by atoms with Crippen molar-refractivity contribution in [3.05, 3.63) is 42.2 Å². The average Bonchev–Trinajstić information content (AvgIpc) is 3.28. The van der Waals surface area contributed by atoms with Crippen molar-refractivity contribution in [1.82, 2.24) is 20.1 Å². The van der Waals surface area contributed by atoms with Crippen molar-refractivity contribution in [2.45, 2.75) is 19.5 Å². The Morgan fingerprint density at radius 3 is 2.77 bits per heavy atom. The van der Waals surface area contributed by atoms with Crippen LogP contribution in [0.4, 0.5) is 0 Å². The Labute approximate surface area is 158 Å². The third kappa shape index (κ3) is 3.99. The van der Waals surface area contributed by atoms with E-state index in [2.05, 4.69) is 46.2 Å². The second-order valence-corrected chi connectivity index (χ2v) is 8.10. The molecule has 0 radical (unpaired) electrons. The van der Waals surface area contributed by atoms with Gasteiger partial charge in [-0.25, -0.2) is 4.98 Å². The third-order valence-corrected chi connectivity index (χ3v) is 6.12. The molecule has 1 N–H and O–H groups in total. The molecule has 5 nitrogen and oxygen atoms in total. The minimum atomic E-state index is 0.544. The van der Waals surface area contributed by atoms with E-state index >= 15 is 0 Å². The number of rotatable bonds is 6. The Balaban J connectivity index is 1.31. The number of aromatic nitrogens is 1. The van der Waals surface area contributed by atoms with Gasteiger partial charge in [0.05, 0.1) is 16.8 Å². The summed E-state index contributed by atoms with van der Waals surface area (Å²) in [5, 5.41) is 4.48. The SMILES string of the molecule is CC(CNCc1ccc(-c2nc3ccccc3s2)o1)N1CCN(C)CC1. The van der Waals surface area contributed by atoms with Crippen molar-refractivity contribution >= 4 is 21.6 Å². The van der Waals surface area contributed by atoms with Gasteiger partial charge in [0, 0.05) is 38.8 Å². The first-order chi connectivity index (χ1) is 12.7. The van der Waals surface area contributed by atoms with Crippen molar-refractivity contribution < 1.29 is 4.42 Å². The molecule has 4 rings (SSSR count). The Morgan fingerprint density at radius 2 is 1.96 bits per heavy atom. The molecule has 0 aliphatic carbocycles. The molecule has 0 amide bonds. The molecule has 0 saturated carbocycles. The van der Waals surface area contributed by atoms with Crippen molar-refractivity contribution in [2.75, 3.05) is 39.8 Å². The van der Waals surface area contributed by atoms with Crippen LogP contribution in [-0.2, 0) is 6.54 Å². The zero-order chi connectivity index (χ0) is 17.9. The maximum absolute atomic E-state index is 6.01. The van der Waals surface area contributed by atoms with Crippen molar-refractivity contribution in [3.63, 3.8) is 0 Å². The number of nitrogens with one attached hydrogen (secondary N) is 1. The van der Waals surface area contributed by atoms with Crippen molar-refractivity contribution in [2.24, 2.45) is 0 Å². The molecular formula is C20H26N4OS. The number of hydrogen-bond acceptors (Lipinski definition) is 6. The molecule has 2 aromatic heterocycles. The van der Waals surface area contributed by atoms with E-state index in [1.165, 1.54) is 4.70 Å². The number of furan rings is 1. The third-order valence-electron chi connectivity index (χ3n) is 5.07. The lowest BCUT2D eigenvalue weighted by Gasteiger charge is -2.36. The number of nitrogens with zero attached hydrogens (tertiary/aromatic N) is 3. The topological polar surface area (TPSA) is 44.5 Å². The highest BCUT2D eigenvalue weighted by Crippen LogP contribution is 2.31. The van der Waals surface area contributed by atoms with Gasteiger partial charge in [-0.3, -0.25) is 4.90 Å². The van der Waals surface area contributed by atoms with E-state index in [4.69, 9.17) is 4.42 Å². The number of piperazine rings is 1. The molecule has 1 atom stereocenters. The molecule has 0 spiro atoms. The highest BCUT2D eigenvalue weighted by atomic mass is 32.1. The number of thiazole rings is 1. The Bertz CT molecular complexity index is 817. The fourth-order valence-corrected chi connectivity index (χ4v) is 4.29. The molecule has 138 valence electrons. The van der Waals surface area contributed by atoms with E-state index in [9.17, 15) is 0 Å². The van der Waals surface area contributed by atoms with Crippen LogP contribution in [0.3, 0.4) is 0 Å². The average molecular weight is 371 g/mol. The smallest absolute Gasteiger partial charge is 0.163 e. The summed E-state index contributed by atoms with van der Waals surface area (Å²) in [7, 11) is 2.19. The Morgan fingerprint density at radius 1 is 1.15 bits per heavy atom. The van der Waals surface area contributed by atoms with E-state index < -0.39 is 0 Å². The van der Waals surface area contributed by atoms with Gasteiger partial charge in [0.25, 0.3) is 0 Å². The Kier molecular flexibility index (Phi) is 5.36. The second kappa shape index (κ2) is 7.88. The summed E-state index contributed by atoms with van der Waals surface area (Å²) in [5.74, 6) is 1.82. The van der Waals surface area contributed by atoms with Gasteiger partial charge in [-0.2, -0.15) is 0 Å². The van der Waals surface area contributed by atoms with E-state index in [0.717, 1.165) is 61.3 Å². The summed E-state index contributed by atoms with van der Waals surface area (Å²) in [6, 6.07) is 12.8. The summed E-state index contributed by atoms with van der Waals surface area (Å²) in [6.07, 6.45) is 0. The van der Waals surface area contributed by atoms with Gasteiger partial charge in [-0.05, 0) is 38.2 Å². The second-order valence-electron chi connectivity index (χ2n) is 7.07. The van der Waals surface area contributed by atoms with Crippen LogP contribution in [0.5, 0.6) is 0 Å². The molecule has 6 heteroatoms. The van der Waals surface area contributed by atoms with Crippen LogP contribution in [0, 0.1) is 0 Å². The van der Waals surface area contributed by atoms with Crippen LogP contribution in [0.25, 0.3) is 21.0 Å². The predicted octanol–water partition coefficient (Wildman–Crippen LogP) is 3.28. The van der Waals surface area contributed by atoms with Crippen LogP contribution in [-0.4, -0.2) is 60.6 Å². The molecule has 1 aliphatic rings. The van der Waals surface area contributed by atoms with Gasteiger partial charge in [-0.1, -0.05) is 12.1 Å². The Hall–Kier alpha value is -1.73. The molecule has 26 heavy (non-hydrogen) atoms. The molecule has 3 heterocycles. The molecule has 0 bridgehead atoms. The summed E-state index contributed by atoms with van der Waals surface area (Å²) < 4.78 is 7.20. The number of para-hydroxylation sites is 1. The molecule has 1 aliphatic heterocycles. The molecule has 3 aromatic rings. The first-order valence-electron chi connectivity index (χ1n) is 9.27. The zero-order valence-corrected chi connectivity index (χ0v) is 16.3. The lowest BCUT2D eigenvalue weighted by atomic mass is 10.2. The van der Waals surface area contributed by atoms with Crippen LogP contribution < -0.4 is 5.32 Å². The lowest BCUT2D eigenvalue weighted by molar-refractivity contribution is 0.117. The van der Waals surface area contributed by atoms with Crippen molar-refractivity contribution in [1.29, 1.82) is 0 Å². The molecule has 1 fully saturated rings. The molecular weight excluding hydrogens is 344 g/mol. The molecule has 1 aromatic carbocycles. The monoisotopic (exact) mass is 370 g/mol. The highest BCUT2D eigenvalue weighted by molar-refractivity contribution is 7.21. The summed E-state index contributed by atoms with van der Waals surface area (Å²) in [4.78, 5) is 9.61. The maximum atomic E-state index is 6.01. The number of benzene rings is 1. The maximum Gasteiger partial charge on any atom is 0.163 e. The first-order valence-corrected chi connectivity index (χ1v) is 10.1. The fourth-order valence-electron chi connectivity index (χ4n) is 3.36. The van der Waals surface area contributed by atoms with Crippen LogP contribution in [0.2, 0.25) is 0 Å².